The smallest absolute Gasteiger partial charge is 0.257 e. The minimum absolute atomic E-state index is 0.00536. The van der Waals surface area contributed by atoms with Crippen LogP contribution in [-0.4, -0.2) is 60.1 Å². The van der Waals surface area contributed by atoms with Gasteiger partial charge in [-0.2, -0.15) is 0 Å². The molecule has 30 heavy (non-hydrogen) atoms. The van der Waals surface area contributed by atoms with E-state index in [0.29, 0.717) is 11.3 Å². The van der Waals surface area contributed by atoms with Gasteiger partial charge in [-0.25, -0.2) is 4.98 Å². The summed E-state index contributed by atoms with van der Waals surface area (Å²) in [7, 11) is 3.53. The average molecular weight is 422 g/mol. The van der Waals surface area contributed by atoms with Gasteiger partial charge in [0.2, 0.25) is 0 Å². The van der Waals surface area contributed by atoms with Crippen molar-refractivity contribution in [1.29, 1.82) is 0 Å². The van der Waals surface area contributed by atoms with Crippen molar-refractivity contribution in [2.24, 2.45) is 0 Å². The molecule has 0 bridgehead atoms. The van der Waals surface area contributed by atoms with Crippen molar-refractivity contribution < 1.29 is 14.3 Å². The molecule has 0 saturated carbocycles. The summed E-state index contributed by atoms with van der Waals surface area (Å²) < 4.78 is 11.8. The molecule has 2 unspecified atom stereocenters. The van der Waals surface area contributed by atoms with Crippen LogP contribution in [0.25, 0.3) is 11.1 Å². The number of methoxy groups -OCH3 is 1. The Kier molecular flexibility index (Phi) is 4.92. The highest BCUT2D eigenvalue weighted by Gasteiger charge is 2.42. The monoisotopic (exact) mass is 421 g/mol. The molecule has 154 valence electrons. The minimum atomic E-state index is -0.0688. The average Bonchev–Trinajstić information content (AvgIpc) is 3.41. The standard InChI is InChI=1S/C23H23N3O3S/c1-25-19-12-26(14-22-24-8-9-30-22)13-21(19)29-20-11-16(6-7-18(20)23(25)27)15-4-3-5-17(10-15)28-2/h3-11,19,21H,12-14H2,1-2H3. The molecule has 1 fully saturated rings. The van der Waals surface area contributed by atoms with Crippen LogP contribution in [-0.2, 0) is 6.54 Å². The highest BCUT2D eigenvalue weighted by atomic mass is 32.1. The van der Waals surface area contributed by atoms with Gasteiger partial charge in [0.1, 0.15) is 22.6 Å². The number of rotatable bonds is 4. The van der Waals surface area contributed by atoms with Gasteiger partial charge in [-0.3, -0.25) is 9.69 Å². The Morgan fingerprint density at radius 3 is 2.87 bits per heavy atom. The van der Waals surface area contributed by atoms with Crippen LogP contribution in [0.5, 0.6) is 11.5 Å². The van der Waals surface area contributed by atoms with E-state index in [4.69, 9.17) is 9.47 Å². The fraction of sp³-hybridized carbons (Fsp3) is 0.304. The van der Waals surface area contributed by atoms with Crippen LogP contribution >= 0.6 is 11.3 Å². The van der Waals surface area contributed by atoms with E-state index >= 15 is 0 Å². The maximum atomic E-state index is 13.1. The molecule has 3 aromatic rings. The SMILES string of the molecule is COc1cccc(-c2ccc3c(c2)OC2CN(Cc4nccs4)CC2N(C)C3=O)c1. The molecule has 7 heteroatoms. The number of hydrogen-bond donors (Lipinski definition) is 0. The summed E-state index contributed by atoms with van der Waals surface area (Å²) in [4.78, 5) is 21.7. The van der Waals surface area contributed by atoms with Crippen LogP contribution in [0, 0.1) is 0 Å². The van der Waals surface area contributed by atoms with Crippen LogP contribution in [0.3, 0.4) is 0 Å². The molecule has 0 spiro atoms. The van der Waals surface area contributed by atoms with Crippen molar-refractivity contribution >= 4 is 17.2 Å². The van der Waals surface area contributed by atoms with Gasteiger partial charge >= 0.3 is 0 Å². The topological polar surface area (TPSA) is 54.9 Å². The number of likely N-dealkylation sites (tertiary alicyclic amines) is 1. The lowest BCUT2D eigenvalue weighted by molar-refractivity contribution is 0.0682. The zero-order valence-electron chi connectivity index (χ0n) is 16.9. The minimum Gasteiger partial charge on any atom is -0.497 e. The first kappa shape index (κ1) is 19.1. The summed E-state index contributed by atoms with van der Waals surface area (Å²) in [5.41, 5.74) is 2.64. The molecule has 0 N–H and O–H groups in total. The highest BCUT2D eigenvalue weighted by Crippen LogP contribution is 2.35. The normalized spacial score (nSPS) is 21.0. The maximum absolute atomic E-state index is 13.1. The number of carbonyl (C=O) groups excluding carboxylic acids is 1. The summed E-state index contributed by atoms with van der Waals surface area (Å²) in [5.74, 6) is 1.45. The number of aromatic nitrogens is 1. The molecule has 6 nitrogen and oxygen atoms in total. The molecule has 1 saturated heterocycles. The van der Waals surface area contributed by atoms with Gasteiger partial charge < -0.3 is 14.4 Å². The van der Waals surface area contributed by atoms with E-state index in [1.54, 1.807) is 18.4 Å². The van der Waals surface area contributed by atoms with E-state index in [1.807, 2.05) is 66.0 Å². The molecule has 1 aromatic heterocycles. The van der Waals surface area contributed by atoms with E-state index in [-0.39, 0.29) is 18.1 Å². The Morgan fingerprint density at radius 2 is 2.07 bits per heavy atom. The van der Waals surface area contributed by atoms with Crippen LogP contribution in [0.2, 0.25) is 0 Å². The van der Waals surface area contributed by atoms with Crippen molar-refractivity contribution in [3.8, 4) is 22.6 Å². The number of likely N-dealkylation sites (N-methyl/N-ethyl adjacent to an activating group) is 1. The lowest BCUT2D eigenvalue weighted by atomic mass is 10.0. The Labute approximate surface area is 179 Å². The number of amides is 1. The van der Waals surface area contributed by atoms with Gasteiger partial charge in [0, 0.05) is 31.7 Å². The predicted molar refractivity (Wildman–Crippen MR) is 116 cm³/mol. The third-order valence-corrected chi connectivity index (χ3v) is 6.63. The number of thiazole rings is 1. The Bertz CT molecular complexity index is 1070. The van der Waals surface area contributed by atoms with E-state index in [2.05, 4.69) is 9.88 Å². The lowest BCUT2D eigenvalue weighted by Crippen LogP contribution is -2.44. The second-order valence-corrected chi connectivity index (χ2v) is 8.68. The number of nitrogens with zero attached hydrogens (tertiary/aromatic N) is 3. The zero-order chi connectivity index (χ0) is 20.7. The fourth-order valence-electron chi connectivity index (χ4n) is 4.25. The molecule has 2 aromatic carbocycles. The first-order valence-electron chi connectivity index (χ1n) is 9.95. The maximum Gasteiger partial charge on any atom is 0.257 e. The third-order valence-electron chi connectivity index (χ3n) is 5.87. The Morgan fingerprint density at radius 1 is 1.20 bits per heavy atom. The summed E-state index contributed by atoms with van der Waals surface area (Å²) >= 11 is 1.66. The van der Waals surface area contributed by atoms with Crippen LogP contribution < -0.4 is 9.47 Å². The molecule has 2 aliphatic rings. The van der Waals surface area contributed by atoms with E-state index < -0.39 is 0 Å². The predicted octanol–water partition coefficient (Wildman–Crippen LogP) is 3.54. The van der Waals surface area contributed by atoms with E-state index in [1.165, 1.54) is 0 Å². The number of fused-ring (bicyclic) bond motifs is 2. The molecular weight excluding hydrogens is 398 g/mol. The van der Waals surface area contributed by atoms with Gasteiger partial charge in [0.25, 0.3) is 5.91 Å². The Balaban J connectivity index is 1.44. The van der Waals surface area contributed by atoms with E-state index in [0.717, 1.165) is 41.5 Å². The van der Waals surface area contributed by atoms with Crippen molar-refractivity contribution in [2.75, 3.05) is 27.2 Å². The summed E-state index contributed by atoms with van der Waals surface area (Å²) in [5, 5.41) is 3.08. The van der Waals surface area contributed by atoms with Crippen molar-refractivity contribution in [2.45, 2.75) is 18.7 Å². The van der Waals surface area contributed by atoms with Gasteiger partial charge in [0.05, 0.1) is 25.3 Å². The largest absolute Gasteiger partial charge is 0.497 e. The first-order valence-corrected chi connectivity index (χ1v) is 10.8. The molecule has 1 amide bonds. The quantitative estimate of drug-likeness (QED) is 0.645. The molecular formula is C23H23N3O3S. The van der Waals surface area contributed by atoms with Gasteiger partial charge in [-0.15, -0.1) is 11.3 Å². The third kappa shape index (κ3) is 3.44. The highest BCUT2D eigenvalue weighted by molar-refractivity contribution is 7.09. The summed E-state index contributed by atoms with van der Waals surface area (Å²) in [6.07, 6.45) is 1.76. The summed E-state index contributed by atoms with van der Waals surface area (Å²) in [6.45, 7) is 2.33. The number of carbonyl (C=O) groups is 1. The summed E-state index contributed by atoms with van der Waals surface area (Å²) in [6, 6.07) is 13.7. The zero-order valence-corrected chi connectivity index (χ0v) is 17.8. The molecule has 3 heterocycles. The van der Waals surface area contributed by atoms with Gasteiger partial charge in [-0.1, -0.05) is 18.2 Å². The second kappa shape index (κ2) is 7.74. The molecule has 2 aliphatic heterocycles. The van der Waals surface area contributed by atoms with Crippen LogP contribution in [0.1, 0.15) is 15.4 Å². The number of hydrogen-bond acceptors (Lipinski definition) is 6. The van der Waals surface area contributed by atoms with Crippen LogP contribution in [0.15, 0.2) is 54.0 Å². The Hall–Kier alpha value is -2.90. The molecule has 0 aliphatic carbocycles. The second-order valence-electron chi connectivity index (χ2n) is 7.70. The van der Waals surface area contributed by atoms with Crippen molar-refractivity contribution in [3.63, 3.8) is 0 Å². The molecule has 2 atom stereocenters. The van der Waals surface area contributed by atoms with Crippen molar-refractivity contribution in [1.82, 2.24) is 14.8 Å². The molecule has 0 radical (unpaired) electrons. The van der Waals surface area contributed by atoms with Crippen LogP contribution in [0.4, 0.5) is 0 Å². The van der Waals surface area contributed by atoms with E-state index in [9.17, 15) is 4.79 Å². The first-order chi connectivity index (χ1) is 14.6. The van der Waals surface area contributed by atoms with Crippen molar-refractivity contribution in [3.05, 3.63) is 64.6 Å². The number of benzene rings is 2. The molecule has 5 rings (SSSR count). The fourth-order valence-corrected chi connectivity index (χ4v) is 4.91. The number of ether oxygens (including phenoxy) is 2. The lowest BCUT2D eigenvalue weighted by Gasteiger charge is -2.25. The van der Waals surface area contributed by atoms with Gasteiger partial charge in [-0.05, 0) is 35.4 Å². The van der Waals surface area contributed by atoms with Gasteiger partial charge in [0.15, 0.2) is 0 Å².